The van der Waals surface area contributed by atoms with E-state index in [-0.39, 0.29) is 0 Å². The minimum Gasteiger partial charge on any atom is -0.357 e. The first-order valence-electron chi connectivity index (χ1n) is 7.99. The molecule has 1 aromatic carbocycles. The predicted octanol–water partition coefficient (Wildman–Crippen LogP) is 4.23. The van der Waals surface area contributed by atoms with E-state index < -0.39 is 0 Å². The molecular formula is C18H19ClN2. The first kappa shape index (κ1) is 12.3. The Balaban J connectivity index is 1.65. The maximum Gasteiger partial charge on any atom is 0.0536 e. The summed E-state index contributed by atoms with van der Waals surface area (Å²) in [5.74, 6) is 1.48. The van der Waals surface area contributed by atoms with Gasteiger partial charge in [0.2, 0.25) is 0 Å². The predicted molar refractivity (Wildman–Crippen MR) is 86.5 cm³/mol. The molecular weight excluding hydrogens is 280 g/mol. The molecule has 21 heavy (non-hydrogen) atoms. The summed E-state index contributed by atoms with van der Waals surface area (Å²) in [4.78, 5) is 6.42. The van der Waals surface area contributed by atoms with Gasteiger partial charge in [0, 0.05) is 34.7 Å². The van der Waals surface area contributed by atoms with Gasteiger partial charge in [0.05, 0.1) is 6.04 Å². The summed E-state index contributed by atoms with van der Waals surface area (Å²) in [6.45, 7) is 2.44. The lowest BCUT2D eigenvalue weighted by molar-refractivity contribution is 0.210. The summed E-state index contributed by atoms with van der Waals surface area (Å²) in [6.07, 6.45) is 5.64. The fourth-order valence-corrected chi connectivity index (χ4v) is 5.09. The van der Waals surface area contributed by atoms with Gasteiger partial charge in [-0.3, -0.25) is 4.90 Å². The van der Waals surface area contributed by atoms with Gasteiger partial charge in [-0.2, -0.15) is 0 Å². The van der Waals surface area contributed by atoms with E-state index in [1.54, 1.807) is 5.56 Å². The van der Waals surface area contributed by atoms with Gasteiger partial charge in [0.1, 0.15) is 0 Å². The van der Waals surface area contributed by atoms with Crippen molar-refractivity contribution in [3.05, 3.63) is 46.6 Å². The Morgan fingerprint density at radius 1 is 1.24 bits per heavy atom. The summed E-state index contributed by atoms with van der Waals surface area (Å²) in [5.41, 5.74) is 4.32. The lowest BCUT2D eigenvalue weighted by Crippen LogP contribution is -2.32. The van der Waals surface area contributed by atoms with Crippen LogP contribution in [0.1, 0.15) is 30.1 Å². The number of para-hydroxylation sites is 1. The van der Waals surface area contributed by atoms with Crippen molar-refractivity contribution < 1.29 is 0 Å². The van der Waals surface area contributed by atoms with Crippen molar-refractivity contribution in [3.8, 4) is 0 Å². The number of H-pyrrole nitrogens is 1. The van der Waals surface area contributed by atoms with Gasteiger partial charge < -0.3 is 4.98 Å². The van der Waals surface area contributed by atoms with Crippen LogP contribution in [0, 0.1) is 11.8 Å². The van der Waals surface area contributed by atoms with Crippen LogP contribution in [-0.2, 0) is 6.42 Å². The van der Waals surface area contributed by atoms with Gasteiger partial charge in [0.15, 0.2) is 0 Å². The number of aromatic nitrogens is 1. The summed E-state index contributed by atoms with van der Waals surface area (Å²) in [5, 5.41) is 2.49. The maximum atomic E-state index is 6.35. The van der Waals surface area contributed by atoms with Crippen molar-refractivity contribution in [2.24, 2.45) is 11.8 Å². The lowest BCUT2D eigenvalue weighted by Gasteiger charge is -2.33. The molecule has 1 aliphatic carbocycles. The molecule has 3 heteroatoms. The van der Waals surface area contributed by atoms with Crippen LogP contribution in [0.3, 0.4) is 0 Å². The highest BCUT2D eigenvalue weighted by Gasteiger charge is 2.46. The highest BCUT2D eigenvalue weighted by molar-refractivity contribution is 6.29. The first-order chi connectivity index (χ1) is 10.3. The Labute approximate surface area is 129 Å². The minimum atomic E-state index is 0.550. The number of hydrogen-bond acceptors (Lipinski definition) is 1. The second-order valence-electron chi connectivity index (χ2n) is 6.77. The van der Waals surface area contributed by atoms with E-state index in [1.807, 2.05) is 0 Å². The van der Waals surface area contributed by atoms with Crippen molar-refractivity contribution >= 4 is 22.5 Å². The Morgan fingerprint density at radius 3 is 3.10 bits per heavy atom. The molecule has 0 bridgehead atoms. The number of rotatable bonds is 0. The van der Waals surface area contributed by atoms with E-state index in [4.69, 9.17) is 11.6 Å². The molecule has 3 atom stereocenters. The van der Waals surface area contributed by atoms with E-state index in [9.17, 15) is 0 Å². The SMILES string of the molecule is ClC1=CC[C@H]2CN3CCc4c([nH]c5ccccc45)[C@@H]3[C@@H]2C1. The molecule has 3 heterocycles. The quantitative estimate of drug-likeness (QED) is 0.771. The van der Waals surface area contributed by atoms with E-state index in [0.717, 1.165) is 23.8 Å². The number of hydrogen-bond donors (Lipinski definition) is 1. The Morgan fingerprint density at radius 2 is 2.14 bits per heavy atom. The molecule has 0 amide bonds. The molecule has 1 aromatic heterocycles. The average Bonchev–Trinajstić information content (AvgIpc) is 3.04. The number of benzene rings is 1. The van der Waals surface area contributed by atoms with Crippen molar-refractivity contribution in [3.63, 3.8) is 0 Å². The molecule has 1 N–H and O–H groups in total. The van der Waals surface area contributed by atoms with Crippen LogP contribution >= 0.6 is 11.6 Å². The highest BCUT2D eigenvalue weighted by Crippen LogP contribution is 2.51. The highest BCUT2D eigenvalue weighted by atomic mass is 35.5. The van der Waals surface area contributed by atoms with Gasteiger partial charge in [-0.1, -0.05) is 35.9 Å². The third-order valence-electron chi connectivity index (χ3n) is 5.74. The normalized spacial score (nSPS) is 31.7. The van der Waals surface area contributed by atoms with Gasteiger partial charge in [-0.25, -0.2) is 0 Å². The third kappa shape index (κ3) is 1.69. The third-order valence-corrected chi connectivity index (χ3v) is 6.05. The number of halogens is 1. The number of nitrogens with one attached hydrogen (secondary N) is 1. The number of allylic oxidation sites excluding steroid dienone is 2. The molecule has 0 unspecified atom stereocenters. The first-order valence-corrected chi connectivity index (χ1v) is 8.37. The smallest absolute Gasteiger partial charge is 0.0536 e. The summed E-state index contributed by atoms with van der Waals surface area (Å²) in [6, 6.07) is 9.30. The minimum absolute atomic E-state index is 0.550. The van der Waals surface area contributed by atoms with Crippen molar-refractivity contribution in [2.45, 2.75) is 25.3 Å². The molecule has 2 aliphatic heterocycles. The average molecular weight is 299 g/mol. The number of aromatic amines is 1. The molecule has 1 saturated heterocycles. The van der Waals surface area contributed by atoms with E-state index in [1.165, 1.54) is 36.1 Å². The Bertz CT molecular complexity index is 745. The molecule has 0 spiro atoms. The largest absolute Gasteiger partial charge is 0.357 e. The zero-order chi connectivity index (χ0) is 14.0. The molecule has 2 nitrogen and oxygen atoms in total. The molecule has 3 aliphatic rings. The number of fused-ring (bicyclic) bond motifs is 7. The summed E-state index contributed by atoms with van der Waals surface area (Å²) in [7, 11) is 0. The van der Waals surface area contributed by atoms with Crippen LogP contribution in [0.2, 0.25) is 0 Å². The van der Waals surface area contributed by atoms with Crippen molar-refractivity contribution in [2.75, 3.05) is 13.1 Å². The zero-order valence-electron chi connectivity index (χ0n) is 12.0. The van der Waals surface area contributed by atoms with Crippen molar-refractivity contribution in [1.82, 2.24) is 9.88 Å². The summed E-state index contributed by atoms with van der Waals surface area (Å²) < 4.78 is 0. The second-order valence-corrected chi connectivity index (χ2v) is 7.25. The van der Waals surface area contributed by atoms with Crippen LogP contribution < -0.4 is 0 Å². The van der Waals surface area contributed by atoms with Crippen LogP contribution in [-0.4, -0.2) is 23.0 Å². The van der Waals surface area contributed by atoms with Gasteiger partial charge in [0.25, 0.3) is 0 Å². The zero-order valence-corrected chi connectivity index (χ0v) is 12.7. The van der Waals surface area contributed by atoms with Crippen LogP contribution in [0.5, 0.6) is 0 Å². The monoisotopic (exact) mass is 298 g/mol. The van der Waals surface area contributed by atoms with E-state index in [2.05, 4.69) is 40.2 Å². The summed E-state index contributed by atoms with van der Waals surface area (Å²) >= 11 is 6.35. The van der Waals surface area contributed by atoms with Crippen LogP contribution in [0.4, 0.5) is 0 Å². The molecule has 0 radical (unpaired) electrons. The molecule has 2 aromatic rings. The molecule has 1 fully saturated rings. The van der Waals surface area contributed by atoms with Gasteiger partial charge in [-0.05, 0) is 42.7 Å². The molecule has 0 saturated carbocycles. The molecule has 5 rings (SSSR count). The Kier molecular flexibility index (Phi) is 2.56. The fourth-order valence-electron chi connectivity index (χ4n) is 4.82. The van der Waals surface area contributed by atoms with Crippen molar-refractivity contribution in [1.29, 1.82) is 0 Å². The van der Waals surface area contributed by atoms with Gasteiger partial charge in [-0.15, -0.1) is 0 Å². The molecule has 108 valence electrons. The number of nitrogens with zero attached hydrogens (tertiary/aromatic N) is 1. The van der Waals surface area contributed by atoms with Gasteiger partial charge >= 0.3 is 0 Å². The van der Waals surface area contributed by atoms with E-state index >= 15 is 0 Å². The topological polar surface area (TPSA) is 19.0 Å². The van der Waals surface area contributed by atoms with Crippen LogP contribution in [0.25, 0.3) is 10.9 Å². The van der Waals surface area contributed by atoms with E-state index in [0.29, 0.717) is 12.0 Å². The maximum absolute atomic E-state index is 6.35. The second kappa shape index (κ2) is 4.37. The standard InChI is InChI=1S/C18H19ClN2/c19-12-6-5-11-10-21-8-7-14-13-3-1-2-4-16(13)20-17(14)18(21)15(11)9-12/h1-4,6,11,15,18,20H,5,7-10H2/t11-,15+,18-/m0/s1. The lowest BCUT2D eigenvalue weighted by atomic mass is 9.79. The fraction of sp³-hybridized carbons (Fsp3) is 0.444. The van der Waals surface area contributed by atoms with Crippen LogP contribution in [0.15, 0.2) is 35.4 Å². The Hall–Kier alpha value is -1.25.